The molecule has 2 heterocycles. The van der Waals surface area contributed by atoms with Crippen molar-refractivity contribution in [2.75, 3.05) is 18.4 Å². The number of carbonyl (C=O) groups excluding carboxylic acids is 2. The van der Waals surface area contributed by atoms with Gasteiger partial charge in [0.1, 0.15) is 13.2 Å². The molecule has 1 aliphatic carbocycles. The zero-order valence-electron chi connectivity index (χ0n) is 13.8. The van der Waals surface area contributed by atoms with Crippen LogP contribution in [-0.2, 0) is 16.9 Å². The Bertz CT molecular complexity index is 881. The first-order valence-electron chi connectivity index (χ1n) is 8.27. The molecule has 26 heavy (non-hydrogen) atoms. The predicted octanol–water partition coefficient (Wildman–Crippen LogP) is 2.21. The molecule has 1 fully saturated rings. The number of fused-ring (bicyclic) bond motifs is 2. The summed E-state index contributed by atoms with van der Waals surface area (Å²) in [6.45, 7) is -0.292. The molecule has 0 unspecified atom stereocenters. The molecule has 0 bridgehead atoms. The SMILES string of the molecule is O=C(CN1CC2(CC2)c2cc(CF)ccc2C1=O)Nc1ncc(F)cn1. The number of carbonyl (C=O) groups is 2. The standard InChI is InChI=1S/C18H16F2N4O2/c19-6-11-1-2-13-14(5-11)18(3-4-18)10-24(16(13)26)9-15(25)23-17-21-7-12(20)8-22-17/h1-2,5,7-8H,3-4,6,9-10H2,(H,21,22,23,25). The summed E-state index contributed by atoms with van der Waals surface area (Å²) in [5, 5.41) is 2.46. The Morgan fingerprint density at radius 3 is 2.65 bits per heavy atom. The number of nitrogens with zero attached hydrogens (tertiary/aromatic N) is 3. The monoisotopic (exact) mass is 358 g/mol. The Morgan fingerprint density at radius 1 is 1.27 bits per heavy atom. The number of halogens is 2. The van der Waals surface area contributed by atoms with Crippen LogP contribution in [0.15, 0.2) is 30.6 Å². The number of aromatic nitrogens is 2. The maximum atomic E-state index is 13.0. The van der Waals surface area contributed by atoms with E-state index in [0.29, 0.717) is 17.7 Å². The quantitative estimate of drug-likeness (QED) is 0.909. The molecular weight excluding hydrogens is 342 g/mol. The largest absolute Gasteiger partial charge is 0.328 e. The fourth-order valence-corrected chi connectivity index (χ4v) is 3.41. The van der Waals surface area contributed by atoms with E-state index in [1.165, 1.54) is 4.90 Å². The van der Waals surface area contributed by atoms with E-state index in [1.807, 2.05) is 0 Å². The first kappa shape index (κ1) is 16.6. The summed E-state index contributed by atoms with van der Waals surface area (Å²) in [6, 6.07) is 5.01. The molecule has 2 aromatic rings. The highest BCUT2D eigenvalue weighted by Gasteiger charge is 2.51. The van der Waals surface area contributed by atoms with Crippen LogP contribution in [0.3, 0.4) is 0 Å². The molecule has 1 aliphatic heterocycles. The molecule has 0 radical (unpaired) electrons. The Labute approximate surface area is 148 Å². The molecule has 1 aromatic carbocycles. The zero-order valence-corrected chi connectivity index (χ0v) is 13.8. The summed E-state index contributed by atoms with van der Waals surface area (Å²) in [5.41, 5.74) is 1.79. The van der Waals surface area contributed by atoms with Crippen LogP contribution in [0, 0.1) is 5.82 Å². The van der Waals surface area contributed by atoms with Gasteiger partial charge in [0.25, 0.3) is 5.91 Å². The highest BCUT2D eigenvalue weighted by Crippen LogP contribution is 2.52. The Morgan fingerprint density at radius 2 is 2.00 bits per heavy atom. The van der Waals surface area contributed by atoms with E-state index in [4.69, 9.17) is 0 Å². The number of hydrogen-bond acceptors (Lipinski definition) is 4. The predicted molar refractivity (Wildman–Crippen MR) is 88.7 cm³/mol. The topological polar surface area (TPSA) is 75.2 Å². The van der Waals surface area contributed by atoms with Gasteiger partial charge in [0.05, 0.1) is 12.4 Å². The summed E-state index contributed by atoms with van der Waals surface area (Å²) in [4.78, 5) is 33.8. The highest BCUT2D eigenvalue weighted by molar-refractivity contribution is 6.01. The van der Waals surface area contributed by atoms with E-state index in [0.717, 1.165) is 30.8 Å². The van der Waals surface area contributed by atoms with E-state index in [-0.39, 0.29) is 23.8 Å². The number of hydrogen-bond donors (Lipinski definition) is 1. The van der Waals surface area contributed by atoms with Gasteiger partial charge in [-0.2, -0.15) is 0 Å². The fraction of sp³-hybridized carbons (Fsp3) is 0.333. The summed E-state index contributed by atoms with van der Waals surface area (Å²) in [6.07, 6.45) is 3.71. The van der Waals surface area contributed by atoms with Crippen LogP contribution >= 0.6 is 0 Å². The molecule has 6 nitrogen and oxygen atoms in total. The zero-order chi connectivity index (χ0) is 18.3. The average Bonchev–Trinajstić information content (AvgIpc) is 3.41. The number of amides is 2. The smallest absolute Gasteiger partial charge is 0.254 e. The minimum Gasteiger partial charge on any atom is -0.328 e. The van der Waals surface area contributed by atoms with Crippen molar-refractivity contribution in [2.45, 2.75) is 24.9 Å². The number of anilines is 1. The Balaban J connectivity index is 1.52. The van der Waals surface area contributed by atoms with Gasteiger partial charge in [-0.3, -0.25) is 14.9 Å². The van der Waals surface area contributed by atoms with Crippen molar-refractivity contribution in [1.82, 2.24) is 14.9 Å². The summed E-state index contributed by atoms with van der Waals surface area (Å²) < 4.78 is 25.8. The molecule has 1 aromatic heterocycles. The molecule has 134 valence electrons. The molecule has 2 aliphatic rings. The van der Waals surface area contributed by atoms with Crippen molar-refractivity contribution in [2.24, 2.45) is 0 Å². The van der Waals surface area contributed by atoms with E-state index in [9.17, 15) is 18.4 Å². The van der Waals surface area contributed by atoms with E-state index in [1.54, 1.807) is 18.2 Å². The van der Waals surface area contributed by atoms with Crippen molar-refractivity contribution in [1.29, 1.82) is 0 Å². The van der Waals surface area contributed by atoms with E-state index < -0.39 is 18.4 Å². The van der Waals surface area contributed by atoms with Gasteiger partial charge >= 0.3 is 0 Å². The second-order valence-corrected chi connectivity index (χ2v) is 6.73. The number of rotatable bonds is 4. The van der Waals surface area contributed by atoms with Gasteiger partial charge < -0.3 is 4.90 Å². The number of alkyl halides is 1. The van der Waals surface area contributed by atoms with Crippen LogP contribution in [0.25, 0.3) is 0 Å². The minimum absolute atomic E-state index is 0.0185. The lowest BCUT2D eigenvalue weighted by molar-refractivity contribution is -0.117. The maximum Gasteiger partial charge on any atom is 0.254 e. The third-order valence-electron chi connectivity index (χ3n) is 4.88. The molecule has 1 saturated carbocycles. The third kappa shape index (κ3) is 2.91. The maximum absolute atomic E-state index is 13.0. The van der Waals surface area contributed by atoms with Gasteiger partial charge in [-0.1, -0.05) is 12.1 Å². The van der Waals surface area contributed by atoms with Crippen LogP contribution < -0.4 is 5.32 Å². The molecule has 1 spiro atoms. The lowest BCUT2D eigenvalue weighted by Gasteiger charge is -2.34. The summed E-state index contributed by atoms with van der Waals surface area (Å²) in [5.74, 6) is -1.33. The molecule has 4 rings (SSSR count). The van der Waals surface area contributed by atoms with Crippen LogP contribution in [0.5, 0.6) is 0 Å². The van der Waals surface area contributed by atoms with Gasteiger partial charge in [0, 0.05) is 17.5 Å². The van der Waals surface area contributed by atoms with Crippen molar-refractivity contribution < 1.29 is 18.4 Å². The first-order chi connectivity index (χ1) is 12.5. The second-order valence-electron chi connectivity index (χ2n) is 6.73. The van der Waals surface area contributed by atoms with Crippen molar-refractivity contribution >= 4 is 17.8 Å². The van der Waals surface area contributed by atoms with Gasteiger partial charge in [-0.05, 0) is 30.0 Å². The van der Waals surface area contributed by atoms with E-state index in [2.05, 4.69) is 15.3 Å². The molecule has 2 amide bonds. The Kier molecular flexibility index (Phi) is 3.90. The Hall–Kier alpha value is -2.90. The molecular formula is C18H16F2N4O2. The number of benzene rings is 1. The van der Waals surface area contributed by atoms with Crippen LogP contribution in [-0.4, -0.2) is 39.8 Å². The fourth-order valence-electron chi connectivity index (χ4n) is 3.41. The van der Waals surface area contributed by atoms with Crippen LogP contribution in [0.4, 0.5) is 14.7 Å². The summed E-state index contributed by atoms with van der Waals surface area (Å²) >= 11 is 0. The van der Waals surface area contributed by atoms with Gasteiger partial charge in [-0.15, -0.1) is 0 Å². The van der Waals surface area contributed by atoms with Gasteiger partial charge in [0.15, 0.2) is 5.82 Å². The van der Waals surface area contributed by atoms with E-state index >= 15 is 0 Å². The van der Waals surface area contributed by atoms with Gasteiger partial charge in [0.2, 0.25) is 11.9 Å². The molecule has 1 N–H and O–H groups in total. The number of nitrogens with one attached hydrogen (secondary N) is 1. The van der Waals surface area contributed by atoms with Crippen LogP contribution in [0.1, 0.15) is 34.3 Å². The van der Waals surface area contributed by atoms with Crippen LogP contribution in [0.2, 0.25) is 0 Å². The average molecular weight is 358 g/mol. The lowest BCUT2D eigenvalue weighted by Crippen LogP contribution is -2.46. The summed E-state index contributed by atoms with van der Waals surface area (Å²) in [7, 11) is 0. The molecule has 8 heteroatoms. The first-order valence-corrected chi connectivity index (χ1v) is 8.27. The van der Waals surface area contributed by atoms with Crippen molar-refractivity contribution in [3.05, 3.63) is 53.1 Å². The van der Waals surface area contributed by atoms with Crippen molar-refractivity contribution in [3.63, 3.8) is 0 Å². The second kappa shape index (κ2) is 6.12. The highest BCUT2D eigenvalue weighted by atomic mass is 19.1. The van der Waals surface area contributed by atoms with Gasteiger partial charge in [-0.25, -0.2) is 18.7 Å². The molecule has 0 atom stereocenters. The normalized spacial score (nSPS) is 17.2. The third-order valence-corrected chi connectivity index (χ3v) is 4.88. The lowest BCUT2D eigenvalue weighted by atomic mass is 9.85. The molecule has 0 saturated heterocycles. The van der Waals surface area contributed by atoms with Crippen molar-refractivity contribution in [3.8, 4) is 0 Å². The minimum atomic E-state index is -0.603.